The maximum atomic E-state index is 12.2. The van der Waals surface area contributed by atoms with Gasteiger partial charge in [0.25, 0.3) is 5.91 Å². The fraction of sp³-hybridized carbons (Fsp3) is 0.312. The van der Waals surface area contributed by atoms with Crippen molar-refractivity contribution in [2.45, 2.75) is 12.8 Å². The Morgan fingerprint density at radius 3 is 2.79 bits per heavy atom. The number of hydrogen-bond acceptors (Lipinski definition) is 2. The Hall–Kier alpha value is -1.87. The summed E-state index contributed by atoms with van der Waals surface area (Å²) in [6.07, 6.45) is 2.17. The van der Waals surface area contributed by atoms with E-state index in [1.54, 1.807) is 7.11 Å². The molecule has 0 spiro atoms. The topological polar surface area (TPSA) is 38.3 Å². The molecule has 0 saturated heterocycles. The number of ether oxygens (including phenoxy) is 1. The highest BCUT2D eigenvalue weighted by Gasteiger charge is 2.18. The molecule has 0 aromatic heterocycles. The summed E-state index contributed by atoms with van der Waals surface area (Å²) in [7, 11) is 1.63. The molecule has 0 aliphatic heterocycles. The average Bonchev–Trinajstić information content (AvgIpc) is 2.85. The second-order valence-corrected chi connectivity index (χ2v) is 4.86. The molecule has 0 unspecified atom stereocenters. The van der Waals surface area contributed by atoms with E-state index in [1.807, 2.05) is 18.2 Å². The largest absolute Gasteiger partial charge is 0.383 e. The first-order valence-corrected chi connectivity index (χ1v) is 6.62. The first-order valence-electron chi connectivity index (χ1n) is 6.62. The standard InChI is InChI=1S/C16H17NO2/c1-19-10-9-17-16(18)14-8-7-12-6-5-11-3-2-4-13(14)15(11)12/h2-4,7-8H,5-6,9-10H2,1H3,(H,17,18). The molecule has 3 rings (SSSR count). The molecule has 0 radical (unpaired) electrons. The molecule has 1 amide bonds. The van der Waals surface area contributed by atoms with E-state index in [-0.39, 0.29) is 5.91 Å². The fourth-order valence-electron chi connectivity index (χ4n) is 2.81. The summed E-state index contributed by atoms with van der Waals surface area (Å²) in [5, 5.41) is 5.24. The maximum absolute atomic E-state index is 12.2. The van der Waals surface area contributed by atoms with Gasteiger partial charge in [0, 0.05) is 19.2 Å². The summed E-state index contributed by atoms with van der Waals surface area (Å²) >= 11 is 0. The number of amides is 1. The van der Waals surface area contributed by atoms with Crippen LogP contribution in [0.1, 0.15) is 21.5 Å². The molecule has 0 heterocycles. The smallest absolute Gasteiger partial charge is 0.251 e. The van der Waals surface area contributed by atoms with Crippen molar-refractivity contribution in [3.05, 3.63) is 47.0 Å². The van der Waals surface area contributed by atoms with Crippen LogP contribution < -0.4 is 5.32 Å². The molecule has 0 saturated carbocycles. The van der Waals surface area contributed by atoms with Gasteiger partial charge in [0.2, 0.25) is 0 Å². The van der Waals surface area contributed by atoms with E-state index in [4.69, 9.17) is 4.74 Å². The lowest BCUT2D eigenvalue weighted by Gasteiger charge is -2.09. The molecule has 98 valence electrons. The molecule has 0 bridgehead atoms. The van der Waals surface area contributed by atoms with Gasteiger partial charge in [-0.2, -0.15) is 0 Å². The Bertz CT molecular complexity index is 624. The van der Waals surface area contributed by atoms with Crippen LogP contribution in [0.15, 0.2) is 30.3 Å². The highest BCUT2D eigenvalue weighted by Crippen LogP contribution is 2.32. The minimum absolute atomic E-state index is 0.0207. The Balaban J connectivity index is 1.99. The third kappa shape index (κ3) is 2.10. The number of aryl methyl sites for hydroxylation is 2. The van der Waals surface area contributed by atoms with E-state index in [9.17, 15) is 4.79 Å². The van der Waals surface area contributed by atoms with Crippen molar-refractivity contribution < 1.29 is 9.53 Å². The molecule has 0 atom stereocenters. The van der Waals surface area contributed by atoms with Crippen molar-refractivity contribution in [3.63, 3.8) is 0 Å². The molecule has 1 N–H and O–H groups in total. The van der Waals surface area contributed by atoms with Gasteiger partial charge >= 0.3 is 0 Å². The SMILES string of the molecule is COCCNC(=O)c1ccc2c3c(cccc13)CC2. The summed E-state index contributed by atoms with van der Waals surface area (Å²) < 4.78 is 4.95. The van der Waals surface area contributed by atoms with E-state index >= 15 is 0 Å². The third-order valence-electron chi connectivity index (χ3n) is 3.71. The predicted molar refractivity (Wildman–Crippen MR) is 75.6 cm³/mol. The average molecular weight is 255 g/mol. The number of nitrogens with one attached hydrogen (secondary N) is 1. The van der Waals surface area contributed by atoms with Crippen molar-refractivity contribution >= 4 is 16.7 Å². The van der Waals surface area contributed by atoms with E-state index < -0.39 is 0 Å². The Kier molecular flexibility index (Phi) is 3.22. The zero-order valence-corrected chi connectivity index (χ0v) is 11.0. The second-order valence-electron chi connectivity index (χ2n) is 4.86. The molecule has 1 aliphatic carbocycles. The van der Waals surface area contributed by atoms with Gasteiger partial charge < -0.3 is 10.1 Å². The Morgan fingerprint density at radius 1 is 1.21 bits per heavy atom. The summed E-state index contributed by atoms with van der Waals surface area (Å²) in [5.74, 6) is -0.0207. The van der Waals surface area contributed by atoms with Crippen LogP contribution in [0.4, 0.5) is 0 Å². The maximum Gasteiger partial charge on any atom is 0.251 e. The zero-order valence-electron chi connectivity index (χ0n) is 11.0. The van der Waals surface area contributed by atoms with Crippen LogP contribution in [-0.4, -0.2) is 26.2 Å². The van der Waals surface area contributed by atoms with Gasteiger partial charge in [-0.3, -0.25) is 4.79 Å². The van der Waals surface area contributed by atoms with Crippen LogP contribution in [0.5, 0.6) is 0 Å². The minimum atomic E-state index is -0.0207. The number of benzene rings is 2. The van der Waals surface area contributed by atoms with Gasteiger partial charge in [0.1, 0.15) is 0 Å². The van der Waals surface area contributed by atoms with Crippen molar-refractivity contribution in [2.24, 2.45) is 0 Å². The molecule has 2 aromatic rings. The van der Waals surface area contributed by atoms with Crippen LogP contribution in [0.2, 0.25) is 0 Å². The van der Waals surface area contributed by atoms with Gasteiger partial charge in [0.15, 0.2) is 0 Å². The number of rotatable bonds is 4. The number of carbonyl (C=O) groups excluding carboxylic acids is 1. The molecular weight excluding hydrogens is 238 g/mol. The lowest BCUT2D eigenvalue weighted by molar-refractivity contribution is 0.0939. The summed E-state index contributed by atoms with van der Waals surface area (Å²) in [4.78, 5) is 12.2. The molecule has 3 nitrogen and oxygen atoms in total. The van der Waals surface area contributed by atoms with E-state index in [0.717, 1.165) is 23.8 Å². The van der Waals surface area contributed by atoms with Gasteiger partial charge in [-0.15, -0.1) is 0 Å². The van der Waals surface area contributed by atoms with Gasteiger partial charge in [0.05, 0.1) is 6.61 Å². The summed E-state index contributed by atoms with van der Waals surface area (Å²) in [5.41, 5.74) is 3.48. The van der Waals surface area contributed by atoms with Crippen LogP contribution in [0.3, 0.4) is 0 Å². The zero-order chi connectivity index (χ0) is 13.2. The normalized spacial score (nSPS) is 12.9. The van der Waals surface area contributed by atoms with Crippen LogP contribution in [0.25, 0.3) is 10.8 Å². The number of methoxy groups -OCH3 is 1. The molecule has 1 aliphatic rings. The molecule has 0 fully saturated rings. The lowest BCUT2D eigenvalue weighted by Crippen LogP contribution is -2.27. The number of carbonyl (C=O) groups is 1. The van der Waals surface area contributed by atoms with E-state index in [1.165, 1.54) is 16.5 Å². The Labute approximate surface area is 112 Å². The van der Waals surface area contributed by atoms with Crippen LogP contribution in [-0.2, 0) is 17.6 Å². The quantitative estimate of drug-likeness (QED) is 0.851. The monoisotopic (exact) mass is 255 g/mol. The first kappa shape index (κ1) is 12.2. The predicted octanol–water partition coefficient (Wildman–Crippen LogP) is 2.31. The third-order valence-corrected chi connectivity index (χ3v) is 3.71. The highest BCUT2D eigenvalue weighted by atomic mass is 16.5. The van der Waals surface area contributed by atoms with Gasteiger partial charge in [-0.1, -0.05) is 24.3 Å². The fourth-order valence-corrected chi connectivity index (χ4v) is 2.81. The Morgan fingerprint density at radius 2 is 2.00 bits per heavy atom. The second kappa shape index (κ2) is 5.02. The molecule has 3 heteroatoms. The van der Waals surface area contributed by atoms with Crippen LogP contribution in [0, 0.1) is 0 Å². The molecular formula is C16H17NO2. The van der Waals surface area contributed by atoms with Crippen molar-refractivity contribution in [2.75, 3.05) is 20.3 Å². The molecule has 19 heavy (non-hydrogen) atoms. The van der Waals surface area contributed by atoms with Crippen LogP contribution >= 0.6 is 0 Å². The summed E-state index contributed by atoms with van der Waals surface area (Å²) in [6, 6.07) is 10.3. The summed E-state index contributed by atoms with van der Waals surface area (Å²) in [6.45, 7) is 1.07. The van der Waals surface area contributed by atoms with Crippen molar-refractivity contribution in [1.29, 1.82) is 0 Å². The lowest BCUT2D eigenvalue weighted by atomic mass is 9.99. The van der Waals surface area contributed by atoms with E-state index in [0.29, 0.717) is 13.2 Å². The molecule has 2 aromatic carbocycles. The van der Waals surface area contributed by atoms with Gasteiger partial charge in [-0.05, 0) is 40.8 Å². The minimum Gasteiger partial charge on any atom is -0.383 e. The number of hydrogen-bond donors (Lipinski definition) is 1. The first-order chi connectivity index (χ1) is 9.31. The van der Waals surface area contributed by atoms with E-state index in [2.05, 4.69) is 17.4 Å². The van der Waals surface area contributed by atoms with Gasteiger partial charge in [-0.25, -0.2) is 0 Å². The van der Waals surface area contributed by atoms with Crippen molar-refractivity contribution in [3.8, 4) is 0 Å². The highest BCUT2D eigenvalue weighted by molar-refractivity contribution is 6.09. The van der Waals surface area contributed by atoms with Crippen molar-refractivity contribution in [1.82, 2.24) is 5.32 Å².